The van der Waals surface area contributed by atoms with Gasteiger partial charge in [0.2, 0.25) is 0 Å². The standard InChI is InChI=1S/C12H14ClN3OS/c1-3-16-11(14-15-12(16)18)7-17-9-4-5-10(13)8(2)6-9/h4-6H,3,7H2,1-2H3,(H,15,18). The van der Waals surface area contributed by atoms with Gasteiger partial charge in [-0.2, -0.15) is 5.10 Å². The van der Waals surface area contributed by atoms with E-state index in [1.54, 1.807) is 0 Å². The van der Waals surface area contributed by atoms with Crippen molar-refractivity contribution in [3.8, 4) is 5.75 Å². The molecule has 0 aliphatic heterocycles. The molecule has 0 bridgehead atoms. The van der Waals surface area contributed by atoms with Crippen LogP contribution in [0.2, 0.25) is 5.02 Å². The number of nitrogens with one attached hydrogen (secondary N) is 1. The highest BCUT2D eigenvalue weighted by Crippen LogP contribution is 2.21. The molecule has 1 aromatic heterocycles. The van der Waals surface area contributed by atoms with E-state index in [0.29, 0.717) is 11.4 Å². The largest absolute Gasteiger partial charge is 0.486 e. The highest BCUT2D eigenvalue weighted by atomic mass is 35.5. The molecule has 0 amide bonds. The first-order chi connectivity index (χ1) is 8.61. The van der Waals surface area contributed by atoms with Crippen molar-refractivity contribution in [1.29, 1.82) is 0 Å². The molecule has 1 N–H and O–H groups in total. The smallest absolute Gasteiger partial charge is 0.195 e. The topological polar surface area (TPSA) is 42.8 Å². The second-order valence-corrected chi connectivity index (χ2v) is 4.68. The lowest BCUT2D eigenvalue weighted by atomic mass is 10.2. The van der Waals surface area contributed by atoms with E-state index in [1.807, 2.05) is 36.6 Å². The van der Waals surface area contributed by atoms with Crippen molar-refractivity contribution >= 4 is 23.8 Å². The van der Waals surface area contributed by atoms with Crippen LogP contribution in [0.3, 0.4) is 0 Å². The minimum Gasteiger partial charge on any atom is -0.486 e. The maximum atomic E-state index is 5.96. The average Bonchev–Trinajstić information content (AvgIpc) is 2.71. The monoisotopic (exact) mass is 283 g/mol. The zero-order chi connectivity index (χ0) is 13.1. The minimum absolute atomic E-state index is 0.377. The van der Waals surface area contributed by atoms with E-state index >= 15 is 0 Å². The number of aryl methyl sites for hydroxylation is 1. The van der Waals surface area contributed by atoms with Gasteiger partial charge in [-0.3, -0.25) is 5.10 Å². The number of aromatic amines is 1. The Kier molecular flexibility index (Phi) is 4.04. The van der Waals surface area contributed by atoms with Crippen LogP contribution in [-0.2, 0) is 13.2 Å². The van der Waals surface area contributed by atoms with Gasteiger partial charge in [0.1, 0.15) is 12.4 Å². The third kappa shape index (κ3) is 2.73. The summed E-state index contributed by atoms with van der Waals surface area (Å²) in [4.78, 5) is 0. The van der Waals surface area contributed by atoms with E-state index in [0.717, 1.165) is 28.7 Å². The van der Waals surface area contributed by atoms with E-state index in [9.17, 15) is 0 Å². The van der Waals surface area contributed by atoms with Gasteiger partial charge in [0.25, 0.3) is 0 Å². The van der Waals surface area contributed by atoms with Crippen LogP contribution < -0.4 is 4.74 Å². The molecule has 2 aromatic rings. The predicted molar refractivity (Wildman–Crippen MR) is 73.6 cm³/mol. The van der Waals surface area contributed by atoms with Crippen LogP contribution in [-0.4, -0.2) is 14.8 Å². The molecule has 18 heavy (non-hydrogen) atoms. The van der Waals surface area contributed by atoms with Gasteiger partial charge in [0.15, 0.2) is 10.6 Å². The van der Waals surface area contributed by atoms with Crippen LogP contribution >= 0.6 is 23.8 Å². The maximum Gasteiger partial charge on any atom is 0.195 e. The van der Waals surface area contributed by atoms with Crippen LogP contribution in [0.1, 0.15) is 18.3 Å². The first kappa shape index (κ1) is 13.1. The van der Waals surface area contributed by atoms with Gasteiger partial charge in [0.05, 0.1) is 0 Å². The second-order valence-electron chi connectivity index (χ2n) is 3.89. The number of nitrogens with zero attached hydrogens (tertiary/aromatic N) is 2. The predicted octanol–water partition coefficient (Wildman–Crippen LogP) is 3.50. The lowest BCUT2D eigenvalue weighted by Gasteiger charge is -2.08. The third-order valence-electron chi connectivity index (χ3n) is 2.65. The molecule has 96 valence electrons. The Morgan fingerprint density at radius 2 is 2.28 bits per heavy atom. The fourth-order valence-electron chi connectivity index (χ4n) is 1.64. The van der Waals surface area contributed by atoms with Crippen molar-refractivity contribution in [2.75, 3.05) is 0 Å². The van der Waals surface area contributed by atoms with E-state index in [1.165, 1.54) is 0 Å². The van der Waals surface area contributed by atoms with Crippen molar-refractivity contribution in [3.63, 3.8) is 0 Å². The molecular formula is C12H14ClN3OS. The number of rotatable bonds is 4. The summed E-state index contributed by atoms with van der Waals surface area (Å²) in [7, 11) is 0. The summed E-state index contributed by atoms with van der Waals surface area (Å²) in [6.07, 6.45) is 0. The Balaban J connectivity index is 2.11. The fourth-order valence-corrected chi connectivity index (χ4v) is 2.04. The van der Waals surface area contributed by atoms with Gasteiger partial charge in [-0.25, -0.2) is 0 Å². The molecule has 2 rings (SSSR count). The number of H-pyrrole nitrogens is 1. The molecular weight excluding hydrogens is 270 g/mol. The Labute approximate surface area is 116 Å². The molecule has 1 aromatic carbocycles. The third-order valence-corrected chi connectivity index (χ3v) is 3.39. The average molecular weight is 284 g/mol. The van der Waals surface area contributed by atoms with Gasteiger partial charge in [-0.1, -0.05) is 11.6 Å². The highest BCUT2D eigenvalue weighted by molar-refractivity contribution is 7.71. The van der Waals surface area contributed by atoms with Crippen LogP contribution in [0.5, 0.6) is 5.75 Å². The Morgan fingerprint density at radius 1 is 1.50 bits per heavy atom. The summed E-state index contributed by atoms with van der Waals surface area (Å²) >= 11 is 11.1. The van der Waals surface area contributed by atoms with Gasteiger partial charge < -0.3 is 9.30 Å². The molecule has 1 heterocycles. The zero-order valence-corrected chi connectivity index (χ0v) is 11.8. The molecule has 0 atom stereocenters. The van der Waals surface area contributed by atoms with E-state index in [4.69, 9.17) is 28.6 Å². The fraction of sp³-hybridized carbons (Fsp3) is 0.333. The molecule has 4 nitrogen and oxygen atoms in total. The van der Waals surface area contributed by atoms with Crippen LogP contribution in [0.15, 0.2) is 18.2 Å². The zero-order valence-electron chi connectivity index (χ0n) is 10.2. The minimum atomic E-state index is 0.377. The molecule has 0 spiro atoms. The van der Waals surface area contributed by atoms with Gasteiger partial charge in [-0.15, -0.1) is 0 Å². The quantitative estimate of drug-likeness (QED) is 0.873. The maximum absolute atomic E-state index is 5.96. The highest BCUT2D eigenvalue weighted by Gasteiger charge is 2.05. The molecule has 6 heteroatoms. The van der Waals surface area contributed by atoms with Crippen LogP contribution in [0.25, 0.3) is 0 Å². The summed E-state index contributed by atoms with van der Waals surface area (Å²) < 4.78 is 8.19. The first-order valence-corrected chi connectivity index (χ1v) is 6.43. The van der Waals surface area contributed by atoms with E-state index < -0.39 is 0 Å². The molecule has 0 aliphatic carbocycles. The van der Waals surface area contributed by atoms with Gasteiger partial charge in [0, 0.05) is 11.6 Å². The van der Waals surface area contributed by atoms with Crippen molar-refractivity contribution < 1.29 is 4.74 Å². The molecule has 0 fully saturated rings. The summed E-state index contributed by atoms with van der Waals surface area (Å²) in [5.41, 5.74) is 0.989. The number of aromatic nitrogens is 3. The Bertz CT molecular complexity index is 606. The number of halogens is 1. The van der Waals surface area contributed by atoms with Gasteiger partial charge >= 0.3 is 0 Å². The van der Waals surface area contributed by atoms with Crippen molar-refractivity contribution in [1.82, 2.24) is 14.8 Å². The number of hydrogen-bond acceptors (Lipinski definition) is 3. The van der Waals surface area contributed by atoms with Crippen LogP contribution in [0, 0.1) is 11.7 Å². The molecule has 0 saturated heterocycles. The summed E-state index contributed by atoms with van der Waals surface area (Å²) in [5, 5.41) is 7.63. The summed E-state index contributed by atoms with van der Waals surface area (Å²) in [6, 6.07) is 5.57. The summed E-state index contributed by atoms with van der Waals surface area (Å²) in [5.74, 6) is 1.56. The van der Waals surface area contributed by atoms with Crippen molar-refractivity contribution in [3.05, 3.63) is 39.4 Å². The number of benzene rings is 1. The second kappa shape index (κ2) is 5.54. The Hall–Kier alpha value is -1.33. The van der Waals surface area contributed by atoms with Crippen molar-refractivity contribution in [2.24, 2.45) is 0 Å². The van der Waals surface area contributed by atoms with Crippen molar-refractivity contribution in [2.45, 2.75) is 27.0 Å². The molecule has 0 aliphatic rings. The van der Waals surface area contributed by atoms with Gasteiger partial charge in [-0.05, 0) is 49.8 Å². The summed E-state index contributed by atoms with van der Waals surface area (Å²) in [6.45, 7) is 5.11. The lowest BCUT2D eigenvalue weighted by molar-refractivity contribution is 0.289. The molecule has 0 radical (unpaired) electrons. The normalized spacial score (nSPS) is 10.6. The van der Waals surface area contributed by atoms with E-state index in [-0.39, 0.29) is 0 Å². The number of ether oxygens (including phenoxy) is 1. The Morgan fingerprint density at radius 3 is 2.94 bits per heavy atom. The number of hydrogen-bond donors (Lipinski definition) is 1. The lowest BCUT2D eigenvalue weighted by Crippen LogP contribution is -2.06. The molecule has 0 unspecified atom stereocenters. The first-order valence-electron chi connectivity index (χ1n) is 5.65. The molecule has 0 saturated carbocycles. The van der Waals surface area contributed by atoms with E-state index in [2.05, 4.69) is 10.2 Å². The SMILES string of the molecule is CCn1c(COc2ccc(Cl)c(C)c2)n[nH]c1=S. The van der Waals surface area contributed by atoms with Crippen LogP contribution in [0.4, 0.5) is 0 Å².